The molecule has 0 saturated carbocycles. The quantitative estimate of drug-likeness (QED) is 0.905. The highest BCUT2D eigenvalue weighted by atomic mass is 19.4. The number of aromatic nitrogens is 1. The predicted octanol–water partition coefficient (Wildman–Crippen LogP) is 2.47. The summed E-state index contributed by atoms with van der Waals surface area (Å²) in [6, 6.07) is 8.03. The molecule has 19 heavy (non-hydrogen) atoms. The maximum Gasteiger partial charge on any atom is 0.417 e. The van der Waals surface area contributed by atoms with Crippen LogP contribution in [0.25, 0.3) is 11.1 Å². The molecule has 0 radical (unpaired) electrons. The lowest BCUT2D eigenvalue weighted by Gasteiger charge is -2.11. The average Bonchev–Trinajstić information content (AvgIpc) is 2.37. The van der Waals surface area contributed by atoms with Crippen molar-refractivity contribution in [3.8, 4) is 11.1 Å². The molecule has 0 saturated heterocycles. The summed E-state index contributed by atoms with van der Waals surface area (Å²) in [5.41, 5.74) is 3.87. The molecule has 1 amide bonds. The van der Waals surface area contributed by atoms with Crippen molar-refractivity contribution >= 4 is 5.91 Å². The van der Waals surface area contributed by atoms with Crippen LogP contribution in [-0.4, -0.2) is 10.9 Å². The van der Waals surface area contributed by atoms with E-state index in [4.69, 9.17) is 5.73 Å². The highest BCUT2D eigenvalue weighted by Crippen LogP contribution is 2.36. The second kappa shape index (κ2) is 4.61. The second-order valence-corrected chi connectivity index (χ2v) is 3.67. The van der Waals surface area contributed by atoms with Gasteiger partial charge in [0, 0.05) is 23.5 Å². The summed E-state index contributed by atoms with van der Waals surface area (Å²) < 4.78 is 38.7. The number of carbonyl (C=O) groups excluding carboxylic acids is 1. The SMILES string of the molecule is NC(=O)c1ccncc1-c1c#cccc1C(F)(F)F. The standard InChI is InChI=1S/C13H7F3N2O/c14-13(15,16)11-4-2-1-3-8(11)10-7-18-6-5-9(10)12(17)19/h2,4-7H,(H2,17,19). The molecule has 0 aliphatic carbocycles. The zero-order valence-corrected chi connectivity index (χ0v) is 9.45. The summed E-state index contributed by atoms with van der Waals surface area (Å²) in [7, 11) is 0. The maximum absolute atomic E-state index is 12.9. The predicted molar refractivity (Wildman–Crippen MR) is 60.9 cm³/mol. The van der Waals surface area contributed by atoms with Crippen molar-refractivity contribution in [1.82, 2.24) is 4.98 Å². The zero-order valence-electron chi connectivity index (χ0n) is 9.45. The van der Waals surface area contributed by atoms with E-state index in [0.717, 1.165) is 18.3 Å². The Morgan fingerprint density at radius 3 is 2.68 bits per heavy atom. The van der Waals surface area contributed by atoms with Crippen LogP contribution in [0.15, 0.2) is 30.6 Å². The van der Waals surface area contributed by atoms with E-state index in [1.165, 1.54) is 12.3 Å². The van der Waals surface area contributed by atoms with Crippen molar-refractivity contribution in [2.24, 2.45) is 5.73 Å². The number of rotatable bonds is 2. The van der Waals surface area contributed by atoms with E-state index in [9.17, 15) is 18.0 Å². The molecule has 96 valence electrons. The summed E-state index contributed by atoms with van der Waals surface area (Å²) in [5, 5.41) is 0. The third-order valence-corrected chi connectivity index (χ3v) is 2.46. The normalized spacial score (nSPS) is 10.9. The molecule has 0 aliphatic rings. The van der Waals surface area contributed by atoms with E-state index in [-0.39, 0.29) is 16.7 Å². The van der Waals surface area contributed by atoms with Crippen molar-refractivity contribution in [2.75, 3.05) is 0 Å². The topological polar surface area (TPSA) is 56.0 Å². The third kappa shape index (κ3) is 2.50. The molecule has 2 aromatic rings. The minimum absolute atomic E-state index is 0.0147. The van der Waals surface area contributed by atoms with Gasteiger partial charge in [-0.05, 0) is 18.2 Å². The van der Waals surface area contributed by atoms with Crippen LogP contribution >= 0.6 is 0 Å². The van der Waals surface area contributed by atoms with Crippen LogP contribution in [0.5, 0.6) is 0 Å². The largest absolute Gasteiger partial charge is 0.417 e. The first-order valence-corrected chi connectivity index (χ1v) is 5.15. The van der Waals surface area contributed by atoms with Gasteiger partial charge in [-0.25, -0.2) is 0 Å². The van der Waals surface area contributed by atoms with Crippen molar-refractivity contribution in [2.45, 2.75) is 6.18 Å². The van der Waals surface area contributed by atoms with Crippen LogP contribution in [0.4, 0.5) is 13.2 Å². The van der Waals surface area contributed by atoms with Gasteiger partial charge in [-0.2, -0.15) is 13.2 Å². The first-order chi connectivity index (χ1) is 8.91. The minimum Gasteiger partial charge on any atom is -0.366 e. The smallest absolute Gasteiger partial charge is 0.366 e. The van der Waals surface area contributed by atoms with E-state index < -0.39 is 17.6 Å². The van der Waals surface area contributed by atoms with Gasteiger partial charge in [-0.3, -0.25) is 9.78 Å². The molecule has 3 nitrogen and oxygen atoms in total. The van der Waals surface area contributed by atoms with Crippen LogP contribution in [-0.2, 0) is 6.18 Å². The van der Waals surface area contributed by atoms with E-state index in [2.05, 4.69) is 17.1 Å². The Bertz CT molecular complexity index is 623. The van der Waals surface area contributed by atoms with Gasteiger partial charge in [0.05, 0.1) is 11.1 Å². The summed E-state index contributed by atoms with van der Waals surface area (Å²) in [4.78, 5) is 15.0. The van der Waals surface area contributed by atoms with E-state index in [1.54, 1.807) is 0 Å². The number of pyridine rings is 1. The summed E-state index contributed by atoms with van der Waals surface area (Å²) >= 11 is 0. The minimum atomic E-state index is -4.56. The van der Waals surface area contributed by atoms with Gasteiger partial charge in [0.25, 0.3) is 0 Å². The maximum atomic E-state index is 12.9. The molecule has 0 bridgehead atoms. The average molecular weight is 264 g/mol. The Kier molecular flexibility index (Phi) is 3.13. The first kappa shape index (κ1) is 12.9. The molecule has 1 aromatic carbocycles. The zero-order chi connectivity index (χ0) is 14.0. The van der Waals surface area contributed by atoms with E-state index >= 15 is 0 Å². The Morgan fingerprint density at radius 1 is 1.32 bits per heavy atom. The number of carbonyl (C=O) groups is 1. The van der Waals surface area contributed by atoms with Crippen molar-refractivity contribution in [3.05, 3.63) is 53.9 Å². The number of alkyl halides is 3. The number of nitrogens with two attached hydrogens (primary N) is 1. The molecular weight excluding hydrogens is 257 g/mol. The molecule has 1 heterocycles. The van der Waals surface area contributed by atoms with E-state index in [0.29, 0.717) is 0 Å². The van der Waals surface area contributed by atoms with Crippen LogP contribution in [0.2, 0.25) is 0 Å². The Balaban J connectivity index is 2.70. The van der Waals surface area contributed by atoms with Crippen molar-refractivity contribution < 1.29 is 18.0 Å². The summed E-state index contributed by atoms with van der Waals surface area (Å²) in [6.45, 7) is 0. The molecule has 2 N–H and O–H groups in total. The lowest BCUT2D eigenvalue weighted by atomic mass is 9.98. The van der Waals surface area contributed by atoms with Crippen LogP contribution in [0.3, 0.4) is 0 Å². The fraction of sp³-hybridized carbons (Fsp3) is 0.0769. The highest BCUT2D eigenvalue weighted by Gasteiger charge is 2.34. The number of nitrogens with zero attached hydrogens (tertiary/aromatic N) is 1. The number of amides is 1. The molecule has 0 aliphatic heterocycles. The van der Waals surface area contributed by atoms with Crippen LogP contribution in [0, 0.1) is 12.1 Å². The van der Waals surface area contributed by atoms with Gasteiger partial charge in [-0.1, -0.05) is 12.1 Å². The number of halogens is 3. The lowest BCUT2D eigenvalue weighted by molar-refractivity contribution is -0.137. The summed E-state index contributed by atoms with van der Waals surface area (Å²) in [5.74, 6) is -0.831. The van der Waals surface area contributed by atoms with Gasteiger partial charge in [0.15, 0.2) is 0 Å². The number of hydrogen-bond donors (Lipinski definition) is 1. The highest BCUT2D eigenvalue weighted by molar-refractivity contribution is 5.99. The van der Waals surface area contributed by atoms with Crippen molar-refractivity contribution in [3.63, 3.8) is 0 Å². The molecule has 1 aromatic heterocycles. The van der Waals surface area contributed by atoms with Gasteiger partial charge in [-0.15, -0.1) is 0 Å². The second-order valence-electron chi connectivity index (χ2n) is 3.67. The number of primary amides is 1. The van der Waals surface area contributed by atoms with Crippen LogP contribution < -0.4 is 5.73 Å². The lowest BCUT2D eigenvalue weighted by Crippen LogP contribution is -2.14. The molecule has 6 heteroatoms. The summed E-state index contributed by atoms with van der Waals surface area (Å²) in [6.07, 6.45) is -2.13. The third-order valence-electron chi connectivity index (χ3n) is 2.46. The van der Waals surface area contributed by atoms with Gasteiger partial charge < -0.3 is 5.73 Å². The van der Waals surface area contributed by atoms with Gasteiger partial charge in [0.2, 0.25) is 5.91 Å². The first-order valence-electron chi connectivity index (χ1n) is 5.15. The Hall–Kier alpha value is -2.55. The van der Waals surface area contributed by atoms with E-state index in [1.807, 2.05) is 0 Å². The molecule has 0 atom stereocenters. The molecular formula is C13H7F3N2O. The van der Waals surface area contributed by atoms with Gasteiger partial charge >= 0.3 is 6.18 Å². The Morgan fingerprint density at radius 2 is 2.05 bits per heavy atom. The monoisotopic (exact) mass is 264 g/mol. The van der Waals surface area contributed by atoms with Crippen LogP contribution in [0.1, 0.15) is 15.9 Å². The molecule has 0 spiro atoms. The molecule has 0 unspecified atom stereocenters. The Labute approximate surface area is 106 Å². The fourth-order valence-corrected chi connectivity index (χ4v) is 1.65. The molecule has 2 rings (SSSR count). The number of hydrogen-bond acceptors (Lipinski definition) is 2. The molecule has 0 fully saturated rings. The van der Waals surface area contributed by atoms with Crippen molar-refractivity contribution in [1.29, 1.82) is 0 Å². The fourth-order valence-electron chi connectivity index (χ4n) is 1.65. The van der Waals surface area contributed by atoms with Gasteiger partial charge in [0.1, 0.15) is 0 Å².